The van der Waals surface area contributed by atoms with Gasteiger partial charge in [-0.3, -0.25) is 4.79 Å². The lowest BCUT2D eigenvalue weighted by atomic mass is 10.1. The fraction of sp³-hybridized carbons (Fsp3) is 0.500. The van der Waals surface area contributed by atoms with Gasteiger partial charge in [0, 0.05) is 13.1 Å². The highest BCUT2D eigenvalue weighted by atomic mass is 19.2. The maximum Gasteiger partial charge on any atom is 0.256 e. The number of hydrogen-bond donors (Lipinski definition) is 0. The maximum absolute atomic E-state index is 13.6. The molecule has 0 radical (unpaired) electrons. The van der Waals surface area contributed by atoms with Gasteiger partial charge in [-0.1, -0.05) is 13.0 Å². The monoisotopic (exact) mass is 253 g/mol. The molecule has 2 rings (SSSR count). The summed E-state index contributed by atoms with van der Waals surface area (Å²) in [6.45, 7) is 3.21. The number of benzene rings is 1. The van der Waals surface area contributed by atoms with E-state index in [9.17, 15) is 13.6 Å². The van der Waals surface area contributed by atoms with Crippen molar-refractivity contribution in [3.05, 3.63) is 35.4 Å². The predicted octanol–water partition coefficient (Wildman–Crippen LogP) is 3.23. The molecule has 0 bridgehead atoms. The van der Waals surface area contributed by atoms with Crippen LogP contribution < -0.4 is 0 Å². The molecule has 98 valence electrons. The van der Waals surface area contributed by atoms with Crippen molar-refractivity contribution in [2.75, 3.05) is 13.1 Å². The Morgan fingerprint density at radius 2 is 2.11 bits per heavy atom. The van der Waals surface area contributed by atoms with E-state index in [1.54, 1.807) is 4.90 Å². The Hall–Kier alpha value is -1.45. The summed E-state index contributed by atoms with van der Waals surface area (Å²) in [5.41, 5.74) is -0.163. The van der Waals surface area contributed by atoms with E-state index in [4.69, 9.17) is 0 Å². The molecule has 0 heterocycles. The van der Waals surface area contributed by atoms with Gasteiger partial charge in [0.1, 0.15) is 0 Å². The number of amides is 1. The summed E-state index contributed by atoms with van der Waals surface area (Å²) < 4.78 is 26.7. The van der Waals surface area contributed by atoms with Crippen LogP contribution in [0.2, 0.25) is 0 Å². The van der Waals surface area contributed by atoms with Gasteiger partial charge in [-0.15, -0.1) is 0 Å². The molecule has 0 N–H and O–H groups in total. The third-order valence-electron chi connectivity index (χ3n) is 3.14. The quantitative estimate of drug-likeness (QED) is 0.789. The van der Waals surface area contributed by atoms with E-state index in [-0.39, 0.29) is 5.56 Å². The average Bonchev–Trinajstić information content (AvgIpc) is 3.15. The Bertz CT molecular complexity index is 443. The summed E-state index contributed by atoms with van der Waals surface area (Å²) in [5.74, 6) is -1.87. The molecule has 1 aliphatic carbocycles. The minimum Gasteiger partial charge on any atom is -0.338 e. The lowest BCUT2D eigenvalue weighted by Crippen LogP contribution is -2.34. The summed E-state index contributed by atoms with van der Waals surface area (Å²) in [6.07, 6.45) is 3.06. The zero-order valence-electron chi connectivity index (χ0n) is 10.5. The first-order valence-electron chi connectivity index (χ1n) is 6.36. The normalized spacial score (nSPS) is 14.6. The molecule has 0 saturated heterocycles. The van der Waals surface area contributed by atoms with Crippen LogP contribution in [-0.2, 0) is 0 Å². The molecule has 0 atom stereocenters. The van der Waals surface area contributed by atoms with E-state index in [2.05, 4.69) is 0 Å². The van der Waals surface area contributed by atoms with Gasteiger partial charge in [-0.05, 0) is 37.3 Å². The molecule has 0 unspecified atom stereocenters. The standard InChI is InChI=1S/C14H17F2NO/c1-2-8-17(9-10-6-7-10)14(18)11-4-3-5-12(15)13(11)16/h3-5,10H,2,6-9H2,1H3. The van der Waals surface area contributed by atoms with E-state index in [0.29, 0.717) is 19.0 Å². The highest BCUT2D eigenvalue weighted by Crippen LogP contribution is 2.30. The lowest BCUT2D eigenvalue weighted by molar-refractivity contribution is 0.0742. The molecule has 2 nitrogen and oxygen atoms in total. The van der Waals surface area contributed by atoms with Crippen molar-refractivity contribution in [3.8, 4) is 0 Å². The largest absolute Gasteiger partial charge is 0.338 e. The van der Waals surface area contributed by atoms with E-state index in [0.717, 1.165) is 25.3 Å². The molecule has 1 aromatic carbocycles. The molecule has 18 heavy (non-hydrogen) atoms. The van der Waals surface area contributed by atoms with E-state index in [1.165, 1.54) is 12.1 Å². The predicted molar refractivity (Wildman–Crippen MR) is 65.3 cm³/mol. The summed E-state index contributed by atoms with van der Waals surface area (Å²) in [4.78, 5) is 13.8. The zero-order valence-corrected chi connectivity index (χ0v) is 10.5. The Kier molecular flexibility index (Phi) is 3.94. The number of rotatable bonds is 5. The molecule has 1 aromatic rings. The van der Waals surface area contributed by atoms with Gasteiger partial charge in [0.15, 0.2) is 11.6 Å². The van der Waals surface area contributed by atoms with Crippen LogP contribution >= 0.6 is 0 Å². The summed E-state index contributed by atoms with van der Waals surface area (Å²) in [5, 5.41) is 0. The smallest absolute Gasteiger partial charge is 0.256 e. The van der Waals surface area contributed by atoms with Crippen molar-refractivity contribution < 1.29 is 13.6 Å². The van der Waals surface area contributed by atoms with Gasteiger partial charge in [-0.2, -0.15) is 0 Å². The number of halogens is 2. The van der Waals surface area contributed by atoms with Crippen LogP contribution in [0.1, 0.15) is 36.5 Å². The van der Waals surface area contributed by atoms with Crippen molar-refractivity contribution in [2.45, 2.75) is 26.2 Å². The highest BCUT2D eigenvalue weighted by molar-refractivity contribution is 5.94. The Morgan fingerprint density at radius 3 is 2.72 bits per heavy atom. The highest BCUT2D eigenvalue weighted by Gasteiger charge is 2.28. The fourth-order valence-electron chi connectivity index (χ4n) is 2.00. The second-order valence-corrected chi connectivity index (χ2v) is 4.80. The third-order valence-corrected chi connectivity index (χ3v) is 3.14. The second-order valence-electron chi connectivity index (χ2n) is 4.80. The first-order chi connectivity index (χ1) is 8.63. The molecule has 1 saturated carbocycles. The summed E-state index contributed by atoms with van der Waals surface area (Å²) in [7, 11) is 0. The molecule has 0 spiro atoms. The second kappa shape index (κ2) is 5.46. The van der Waals surface area contributed by atoms with Gasteiger partial charge in [-0.25, -0.2) is 8.78 Å². The third kappa shape index (κ3) is 2.86. The van der Waals surface area contributed by atoms with E-state index in [1.807, 2.05) is 6.92 Å². The van der Waals surface area contributed by atoms with E-state index >= 15 is 0 Å². The molecule has 0 aliphatic heterocycles. The minimum atomic E-state index is -1.04. The molecular weight excluding hydrogens is 236 g/mol. The lowest BCUT2D eigenvalue weighted by Gasteiger charge is -2.22. The number of hydrogen-bond acceptors (Lipinski definition) is 1. The maximum atomic E-state index is 13.6. The molecule has 1 amide bonds. The van der Waals surface area contributed by atoms with Crippen LogP contribution in [0.15, 0.2) is 18.2 Å². The van der Waals surface area contributed by atoms with Crippen molar-refractivity contribution in [2.24, 2.45) is 5.92 Å². The topological polar surface area (TPSA) is 20.3 Å². The van der Waals surface area contributed by atoms with Gasteiger partial charge in [0.2, 0.25) is 0 Å². The zero-order chi connectivity index (χ0) is 13.1. The Labute approximate surface area is 106 Å². The van der Waals surface area contributed by atoms with Crippen LogP contribution in [0.5, 0.6) is 0 Å². The van der Waals surface area contributed by atoms with Crippen LogP contribution in [-0.4, -0.2) is 23.9 Å². The average molecular weight is 253 g/mol. The molecule has 1 aliphatic rings. The van der Waals surface area contributed by atoms with Crippen LogP contribution in [0.3, 0.4) is 0 Å². The van der Waals surface area contributed by atoms with Gasteiger partial charge in [0.25, 0.3) is 5.91 Å². The fourth-order valence-corrected chi connectivity index (χ4v) is 2.00. The first-order valence-corrected chi connectivity index (χ1v) is 6.36. The molecule has 4 heteroatoms. The van der Waals surface area contributed by atoms with Gasteiger partial charge < -0.3 is 4.90 Å². The number of carbonyl (C=O) groups excluding carboxylic acids is 1. The van der Waals surface area contributed by atoms with Gasteiger partial charge >= 0.3 is 0 Å². The SMILES string of the molecule is CCCN(CC1CC1)C(=O)c1cccc(F)c1F. The van der Waals surface area contributed by atoms with Crippen LogP contribution in [0, 0.1) is 17.6 Å². The van der Waals surface area contributed by atoms with Gasteiger partial charge in [0.05, 0.1) is 5.56 Å². The van der Waals surface area contributed by atoms with Crippen molar-refractivity contribution in [1.82, 2.24) is 4.90 Å². The molecular formula is C14H17F2NO. The molecule has 0 aromatic heterocycles. The summed E-state index contributed by atoms with van der Waals surface area (Å²) in [6, 6.07) is 3.74. The first kappa shape index (κ1) is 13.0. The summed E-state index contributed by atoms with van der Waals surface area (Å²) >= 11 is 0. The van der Waals surface area contributed by atoms with Crippen molar-refractivity contribution in [1.29, 1.82) is 0 Å². The number of nitrogens with zero attached hydrogens (tertiary/aromatic N) is 1. The van der Waals surface area contributed by atoms with Crippen molar-refractivity contribution in [3.63, 3.8) is 0 Å². The van der Waals surface area contributed by atoms with E-state index < -0.39 is 17.5 Å². The number of carbonyl (C=O) groups is 1. The van der Waals surface area contributed by atoms with Crippen LogP contribution in [0.25, 0.3) is 0 Å². The Morgan fingerprint density at radius 1 is 1.39 bits per heavy atom. The van der Waals surface area contributed by atoms with Crippen LogP contribution in [0.4, 0.5) is 8.78 Å². The molecule has 1 fully saturated rings. The Balaban J connectivity index is 2.17. The van der Waals surface area contributed by atoms with Crippen molar-refractivity contribution >= 4 is 5.91 Å². The minimum absolute atomic E-state index is 0.163.